The zero-order valence-electron chi connectivity index (χ0n) is 17.3. The first-order valence-electron chi connectivity index (χ1n) is 9.48. The lowest BCUT2D eigenvalue weighted by molar-refractivity contribution is 0.372. The second kappa shape index (κ2) is 8.73. The molecule has 4 aromatic rings. The molecule has 0 atom stereocenters. The summed E-state index contributed by atoms with van der Waals surface area (Å²) in [6.45, 7) is 0. The first-order valence-corrected chi connectivity index (χ1v) is 10.3. The first-order chi connectivity index (χ1) is 15.0. The van der Waals surface area contributed by atoms with E-state index in [-0.39, 0.29) is 5.75 Å². The van der Waals surface area contributed by atoms with Crippen molar-refractivity contribution >= 4 is 15.9 Å². The Labute approximate surface area is 188 Å². The molecule has 0 aliphatic carbocycles. The summed E-state index contributed by atoms with van der Waals surface area (Å²) in [4.78, 5) is 4.72. The molecule has 1 N–H and O–H groups in total. The normalized spacial score (nSPS) is 10.7. The van der Waals surface area contributed by atoms with Crippen molar-refractivity contribution < 1.29 is 19.3 Å². The lowest BCUT2D eigenvalue weighted by atomic mass is 10.0. The molecule has 31 heavy (non-hydrogen) atoms. The van der Waals surface area contributed by atoms with Crippen molar-refractivity contribution in [2.45, 2.75) is 0 Å². The molecule has 0 unspecified atom stereocenters. The van der Waals surface area contributed by atoms with Crippen LogP contribution in [0.5, 0.6) is 23.0 Å². The Morgan fingerprint density at radius 3 is 1.94 bits per heavy atom. The zero-order valence-corrected chi connectivity index (χ0v) is 18.9. The Morgan fingerprint density at radius 1 is 0.806 bits per heavy atom. The van der Waals surface area contributed by atoms with E-state index in [9.17, 15) is 5.11 Å². The molecular formula is C24H21BrN2O4. The Balaban J connectivity index is 1.93. The maximum Gasteiger partial charge on any atom is 0.172 e. The third-order valence-corrected chi connectivity index (χ3v) is 5.61. The number of imidazole rings is 1. The standard InChI is InChI=1S/C24H21BrN2O4/c1-29-18-8-4-15(5-9-18)22-23(16-6-10-19(30-2)11-7-16)27(14-26-22)17-12-20(25)24(28)21(13-17)31-3/h4-14,28H,1-3H3. The third kappa shape index (κ3) is 3.96. The van der Waals surface area contributed by atoms with Crippen molar-refractivity contribution in [1.82, 2.24) is 9.55 Å². The molecule has 0 radical (unpaired) electrons. The number of hydrogen-bond donors (Lipinski definition) is 1. The van der Waals surface area contributed by atoms with Gasteiger partial charge in [-0.3, -0.25) is 4.57 Å². The third-order valence-electron chi connectivity index (χ3n) is 5.01. The molecule has 6 nitrogen and oxygen atoms in total. The number of rotatable bonds is 6. The predicted molar refractivity (Wildman–Crippen MR) is 123 cm³/mol. The maximum absolute atomic E-state index is 10.2. The molecule has 0 amide bonds. The smallest absolute Gasteiger partial charge is 0.172 e. The molecule has 0 aliphatic rings. The molecule has 7 heteroatoms. The van der Waals surface area contributed by atoms with Crippen molar-refractivity contribution in [3.8, 4) is 51.2 Å². The molecule has 158 valence electrons. The Morgan fingerprint density at radius 2 is 1.39 bits per heavy atom. The number of phenolic OH excluding ortho intramolecular Hbond substituents is 1. The topological polar surface area (TPSA) is 65.7 Å². The average molecular weight is 481 g/mol. The van der Waals surface area contributed by atoms with Gasteiger partial charge >= 0.3 is 0 Å². The molecule has 0 spiro atoms. The average Bonchev–Trinajstić information content (AvgIpc) is 3.26. The van der Waals surface area contributed by atoms with E-state index >= 15 is 0 Å². The monoisotopic (exact) mass is 480 g/mol. The zero-order chi connectivity index (χ0) is 22.0. The van der Waals surface area contributed by atoms with E-state index in [1.807, 2.05) is 59.2 Å². The van der Waals surface area contributed by atoms with Crippen LogP contribution in [0.3, 0.4) is 0 Å². The van der Waals surface area contributed by atoms with Crippen LogP contribution in [-0.2, 0) is 0 Å². The van der Waals surface area contributed by atoms with Crippen molar-refractivity contribution in [3.63, 3.8) is 0 Å². The lowest BCUT2D eigenvalue weighted by Gasteiger charge is -2.14. The van der Waals surface area contributed by atoms with Gasteiger partial charge in [0.25, 0.3) is 0 Å². The number of nitrogens with zero attached hydrogens (tertiary/aromatic N) is 2. The highest BCUT2D eigenvalue weighted by molar-refractivity contribution is 9.10. The van der Waals surface area contributed by atoms with E-state index in [0.29, 0.717) is 10.2 Å². The number of hydrogen-bond acceptors (Lipinski definition) is 5. The van der Waals surface area contributed by atoms with Crippen molar-refractivity contribution in [2.24, 2.45) is 0 Å². The molecule has 0 aliphatic heterocycles. The molecule has 4 rings (SSSR count). The SMILES string of the molecule is COc1ccc(-c2ncn(-c3cc(Br)c(O)c(OC)c3)c2-c2ccc(OC)cc2)cc1. The van der Waals surface area contributed by atoms with E-state index in [1.165, 1.54) is 7.11 Å². The van der Waals surface area contributed by atoms with Crippen LogP contribution >= 0.6 is 15.9 Å². The van der Waals surface area contributed by atoms with E-state index in [0.717, 1.165) is 39.7 Å². The molecule has 0 fully saturated rings. The Hall–Kier alpha value is -3.45. The fourth-order valence-electron chi connectivity index (χ4n) is 3.38. The van der Waals surface area contributed by atoms with Crippen molar-refractivity contribution in [2.75, 3.05) is 21.3 Å². The molecule has 0 saturated heterocycles. The number of ether oxygens (including phenoxy) is 3. The minimum Gasteiger partial charge on any atom is -0.503 e. The van der Waals surface area contributed by atoms with Gasteiger partial charge in [-0.1, -0.05) is 0 Å². The molecule has 1 heterocycles. The maximum atomic E-state index is 10.2. The van der Waals surface area contributed by atoms with Crippen molar-refractivity contribution in [1.29, 1.82) is 0 Å². The highest BCUT2D eigenvalue weighted by Crippen LogP contribution is 2.40. The quantitative estimate of drug-likeness (QED) is 0.383. The number of aromatic nitrogens is 2. The van der Waals surface area contributed by atoms with Gasteiger partial charge in [0.15, 0.2) is 11.5 Å². The molecular weight excluding hydrogens is 460 g/mol. The molecule has 1 aromatic heterocycles. The molecule has 0 saturated carbocycles. The fraction of sp³-hybridized carbons (Fsp3) is 0.125. The van der Waals surface area contributed by atoms with E-state index in [1.54, 1.807) is 26.6 Å². The van der Waals surface area contributed by atoms with E-state index in [4.69, 9.17) is 19.2 Å². The summed E-state index contributed by atoms with van der Waals surface area (Å²) in [5.74, 6) is 1.97. The van der Waals surface area contributed by atoms with Crippen LogP contribution in [0.4, 0.5) is 0 Å². The summed E-state index contributed by atoms with van der Waals surface area (Å²) in [7, 11) is 4.80. The number of aromatic hydroxyl groups is 1. The number of methoxy groups -OCH3 is 3. The lowest BCUT2D eigenvalue weighted by Crippen LogP contribution is -1.98. The van der Waals surface area contributed by atoms with Gasteiger partial charge in [-0.15, -0.1) is 0 Å². The molecule has 3 aromatic carbocycles. The van der Waals surface area contributed by atoms with Gasteiger partial charge in [-0.05, 0) is 70.5 Å². The van der Waals surface area contributed by atoms with Crippen LogP contribution < -0.4 is 14.2 Å². The highest BCUT2D eigenvalue weighted by Gasteiger charge is 2.19. The second-order valence-corrected chi connectivity index (χ2v) is 7.60. The van der Waals surface area contributed by atoms with Gasteiger partial charge < -0.3 is 19.3 Å². The fourth-order valence-corrected chi connectivity index (χ4v) is 3.81. The van der Waals surface area contributed by atoms with Gasteiger partial charge in [-0.25, -0.2) is 4.98 Å². The number of phenols is 1. The van der Waals surface area contributed by atoms with Crippen LogP contribution in [0.25, 0.3) is 28.2 Å². The highest BCUT2D eigenvalue weighted by atomic mass is 79.9. The number of halogens is 1. The summed E-state index contributed by atoms with van der Waals surface area (Å²) in [5.41, 5.74) is 4.42. The summed E-state index contributed by atoms with van der Waals surface area (Å²) in [6.07, 6.45) is 1.76. The summed E-state index contributed by atoms with van der Waals surface area (Å²) in [5, 5.41) is 10.2. The van der Waals surface area contributed by atoms with Crippen LogP contribution in [0, 0.1) is 0 Å². The first kappa shape index (κ1) is 20.8. The summed E-state index contributed by atoms with van der Waals surface area (Å²) >= 11 is 3.41. The predicted octanol–water partition coefficient (Wildman–Crippen LogP) is 5.70. The summed E-state index contributed by atoms with van der Waals surface area (Å²) < 4.78 is 18.4. The van der Waals surface area contributed by atoms with Crippen LogP contribution in [0.2, 0.25) is 0 Å². The van der Waals surface area contributed by atoms with Gasteiger partial charge in [0.05, 0.1) is 42.9 Å². The van der Waals surface area contributed by atoms with E-state index < -0.39 is 0 Å². The minimum atomic E-state index is 0.0488. The van der Waals surface area contributed by atoms with Gasteiger partial charge in [0.2, 0.25) is 0 Å². The largest absolute Gasteiger partial charge is 0.503 e. The Bertz CT molecular complexity index is 1200. The van der Waals surface area contributed by atoms with Crippen molar-refractivity contribution in [3.05, 3.63) is 71.5 Å². The van der Waals surface area contributed by atoms with Gasteiger partial charge in [0, 0.05) is 17.2 Å². The van der Waals surface area contributed by atoms with E-state index in [2.05, 4.69) is 15.9 Å². The van der Waals surface area contributed by atoms with Crippen LogP contribution in [0.1, 0.15) is 0 Å². The minimum absolute atomic E-state index is 0.0488. The van der Waals surface area contributed by atoms with Crippen LogP contribution in [0.15, 0.2) is 71.5 Å². The number of benzene rings is 3. The molecule has 0 bridgehead atoms. The van der Waals surface area contributed by atoms with Gasteiger partial charge in [-0.2, -0.15) is 0 Å². The van der Waals surface area contributed by atoms with Gasteiger partial charge in [0.1, 0.15) is 17.8 Å². The van der Waals surface area contributed by atoms with Crippen LogP contribution in [-0.4, -0.2) is 36.0 Å². The Kier molecular flexibility index (Phi) is 5.86. The second-order valence-electron chi connectivity index (χ2n) is 6.75. The summed E-state index contributed by atoms with van der Waals surface area (Å²) in [6, 6.07) is 19.2.